The van der Waals surface area contributed by atoms with Gasteiger partial charge in [-0.05, 0) is 30.2 Å². The van der Waals surface area contributed by atoms with Gasteiger partial charge in [-0.25, -0.2) is 0 Å². The van der Waals surface area contributed by atoms with Crippen LogP contribution < -0.4 is 0 Å². The number of non-ortho nitro benzene ring substituents is 1. The third-order valence-electron chi connectivity index (χ3n) is 4.07. The molecule has 0 spiro atoms. The molecule has 0 aromatic heterocycles. The van der Waals surface area contributed by atoms with Crippen molar-refractivity contribution in [1.29, 1.82) is 0 Å². The summed E-state index contributed by atoms with van der Waals surface area (Å²) in [7, 11) is 1.40. The second kappa shape index (κ2) is 6.50. The van der Waals surface area contributed by atoms with Gasteiger partial charge in [0, 0.05) is 18.6 Å². The zero-order valence-electron chi connectivity index (χ0n) is 11.6. The van der Waals surface area contributed by atoms with Crippen LogP contribution in [0.25, 0.3) is 0 Å². The predicted molar refractivity (Wildman–Crippen MR) is 74.4 cm³/mol. The third-order valence-corrected chi connectivity index (χ3v) is 4.07. The van der Waals surface area contributed by atoms with Crippen LogP contribution in [0.2, 0.25) is 0 Å². The van der Waals surface area contributed by atoms with E-state index in [-0.39, 0.29) is 28.4 Å². The van der Waals surface area contributed by atoms with Gasteiger partial charge in [0.05, 0.1) is 12.0 Å². The largest absolute Gasteiger partial charge is 0.469 e. The standard InChI is InChI=1S/C15H19NO4/c1-20-15(17)10-12-5-2-3-8-14(12)11-6-4-7-13(9-11)16(18)19/h4,6-7,9,12,14H,2-3,5,8,10H2,1H3. The molecule has 1 aliphatic carbocycles. The van der Waals surface area contributed by atoms with E-state index in [9.17, 15) is 14.9 Å². The van der Waals surface area contributed by atoms with Gasteiger partial charge in [0.15, 0.2) is 0 Å². The summed E-state index contributed by atoms with van der Waals surface area (Å²) >= 11 is 0. The number of hydrogen-bond acceptors (Lipinski definition) is 4. The van der Waals surface area contributed by atoms with E-state index in [0.29, 0.717) is 6.42 Å². The van der Waals surface area contributed by atoms with Crippen LogP contribution in [-0.4, -0.2) is 18.0 Å². The van der Waals surface area contributed by atoms with Crippen LogP contribution in [0.1, 0.15) is 43.6 Å². The quantitative estimate of drug-likeness (QED) is 0.480. The Labute approximate surface area is 118 Å². The number of methoxy groups -OCH3 is 1. The highest BCUT2D eigenvalue weighted by atomic mass is 16.6. The van der Waals surface area contributed by atoms with Crippen molar-refractivity contribution in [2.45, 2.75) is 38.0 Å². The number of nitrogens with zero attached hydrogens (tertiary/aromatic N) is 1. The van der Waals surface area contributed by atoms with E-state index in [4.69, 9.17) is 4.74 Å². The average Bonchev–Trinajstić information content (AvgIpc) is 2.47. The van der Waals surface area contributed by atoms with Crippen molar-refractivity contribution in [3.8, 4) is 0 Å². The summed E-state index contributed by atoms with van der Waals surface area (Å²) in [6.07, 6.45) is 4.55. The van der Waals surface area contributed by atoms with Gasteiger partial charge in [0.25, 0.3) is 5.69 Å². The minimum absolute atomic E-state index is 0.116. The molecule has 0 heterocycles. The normalized spacial score (nSPS) is 22.2. The molecule has 1 aliphatic rings. The number of carbonyl (C=O) groups excluding carboxylic acids is 1. The number of carbonyl (C=O) groups is 1. The molecule has 1 aromatic carbocycles. The SMILES string of the molecule is COC(=O)CC1CCCCC1c1cccc([N+](=O)[O-])c1. The van der Waals surface area contributed by atoms with E-state index >= 15 is 0 Å². The summed E-state index contributed by atoms with van der Waals surface area (Å²) in [5.74, 6) is 0.230. The molecule has 20 heavy (non-hydrogen) atoms. The number of nitro groups is 1. The number of esters is 1. The Balaban J connectivity index is 2.20. The number of nitro benzene ring substituents is 1. The molecule has 2 atom stereocenters. The Hall–Kier alpha value is -1.91. The lowest BCUT2D eigenvalue weighted by atomic mass is 9.74. The molecular formula is C15H19NO4. The van der Waals surface area contributed by atoms with Crippen molar-refractivity contribution in [3.63, 3.8) is 0 Å². The van der Waals surface area contributed by atoms with Gasteiger partial charge in [-0.2, -0.15) is 0 Å². The maximum Gasteiger partial charge on any atom is 0.305 e. The van der Waals surface area contributed by atoms with Gasteiger partial charge in [0.1, 0.15) is 0 Å². The first-order chi connectivity index (χ1) is 9.61. The van der Waals surface area contributed by atoms with Crippen molar-refractivity contribution in [2.75, 3.05) is 7.11 Å². The fourth-order valence-electron chi connectivity index (χ4n) is 3.06. The maximum absolute atomic E-state index is 11.5. The molecule has 1 fully saturated rings. The van der Waals surface area contributed by atoms with E-state index < -0.39 is 0 Å². The Morgan fingerprint density at radius 2 is 2.15 bits per heavy atom. The molecule has 1 aromatic rings. The Morgan fingerprint density at radius 3 is 2.85 bits per heavy atom. The molecule has 2 rings (SSSR count). The fraction of sp³-hybridized carbons (Fsp3) is 0.533. The van der Waals surface area contributed by atoms with Gasteiger partial charge >= 0.3 is 5.97 Å². The van der Waals surface area contributed by atoms with Crippen molar-refractivity contribution in [2.24, 2.45) is 5.92 Å². The van der Waals surface area contributed by atoms with Gasteiger partial charge in [0.2, 0.25) is 0 Å². The van der Waals surface area contributed by atoms with Gasteiger partial charge < -0.3 is 4.74 Å². The zero-order valence-corrected chi connectivity index (χ0v) is 11.6. The van der Waals surface area contributed by atoms with Crippen LogP contribution in [0.15, 0.2) is 24.3 Å². The van der Waals surface area contributed by atoms with E-state index in [0.717, 1.165) is 31.2 Å². The van der Waals surface area contributed by atoms with Crippen molar-refractivity contribution < 1.29 is 14.5 Å². The lowest BCUT2D eigenvalue weighted by Gasteiger charge is -2.31. The Morgan fingerprint density at radius 1 is 1.40 bits per heavy atom. The first-order valence-electron chi connectivity index (χ1n) is 6.93. The minimum atomic E-state index is -0.373. The smallest absolute Gasteiger partial charge is 0.305 e. The molecule has 0 amide bonds. The van der Waals surface area contributed by atoms with E-state index in [1.807, 2.05) is 6.07 Å². The molecule has 1 saturated carbocycles. The van der Waals surface area contributed by atoms with E-state index in [1.54, 1.807) is 12.1 Å². The van der Waals surface area contributed by atoms with Gasteiger partial charge in [-0.15, -0.1) is 0 Å². The minimum Gasteiger partial charge on any atom is -0.469 e. The molecule has 0 radical (unpaired) electrons. The summed E-state index contributed by atoms with van der Waals surface area (Å²) in [4.78, 5) is 22.0. The van der Waals surface area contributed by atoms with Gasteiger partial charge in [-0.3, -0.25) is 14.9 Å². The first-order valence-corrected chi connectivity index (χ1v) is 6.93. The molecular weight excluding hydrogens is 258 g/mol. The van der Waals surface area contributed by atoms with Crippen LogP contribution >= 0.6 is 0 Å². The molecule has 0 bridgehead atoms. The molecule has 5 heteroatoms. The fourth-order valence-corrected chi connectivity index (χ4v) is 3.06. The highest BCUT2D eigenvalue weighted by molar-refractivity contribution is 5.69. The highest BCUT2D eigenvalue weighted by Gasteiger charge is 2.29. The van der Waals surface area contributed by atoms with Crippen molar-refractivity contribution in [3.05, 3.63) is 39.9 Å². The molecule has 0 saturated heterocycles. The van der Waals surface area contributed by atoms with Crippen LogP contribution in [0.3, 0.4) is 0 Å². The molecule has 5 nitrogen and oxygen atoms in total. The molecule has 0 N–H and O–H groups in total. The Kier molecular flexibility index (Phi) is 4.71. The monoisotopic (exact) mass is 277 g/mol. The van der Waals surface area contributed by atoms with Crippen LogP contribution in [0.5, 0.6) is 0 Å². The topological polar surface area (TPSA) is 69.4 Å². The van der Waals surface area contributed by atoms with Crippen LogP contribution in [0.4, 0.5) is 5.69 Å². The van der Waals surface area contributed by atoms with E-state index in [2.05, 4.69) is 0 Å². The Bertz CT molecular complexity index is 500. The second-order valence-electron chi connectivity index (χ2n) is 5.28. The van der Waals surface area contributed by atoms with Crippen LogP contribution in [0, 0.1) is 16.0 Å². The third kappa shape index (κ3) is 3.35. The van der Waals surface area contributed by atoms with Crippen LogP contribution in [-0.2, 0) is 9.53 Å². The van der Waals surface area contributed by atoms with E-state index in [1.165, 1.54) is 13.2 Å². The zero-order chi connectivity index (χ0) is 14.5. The summed E-state index contributed by atoms with van der Waals surface area (Å²) in [5.41, 5.74) is 1.08. The summed E-state index contributed by atoms with van der Waals surface area (Å²) < 4.78 is 4.75. The first kappa shape index (κ1) is 14.5. The molecule has 108 valence electrons. The number of ether oxygens (including phenoxy) is 1. The number of rotatable bonds is 4. The molecule has 0 aliphatic heterocycles. The maximum atomic E-state index is 11.5. The van der Waals surface area contributed by atoms with Gasteiger partial charge in [-0.1, -0.05) is 25.0 Å². The summed E-state index contributed by atoms with van der Waals surface area (Å²) in [5, 5.41) is 10.9. The highest BCUT2D eigenvalue weighted by Crippen LogP contribution is 2.40. The second-order valence-corrected chi connectivity index (χ2v) is 5.28. The lowest BCUT2D eigenvalue weighted by Crippen LogP contribution is -2.21. The lowest BCUT2D eigenvalue weighted by molar-refractivity contribution is -0.384. The number of hydrogen-bond donors (Lipinski definition) is 0. The summed E-state index contributed by atoms with van der Waals surface area (Å²) in [6.45, 7) is 0. The average molecular weight is 277 g/mol. The number of benzene rings is 1. The molecule has 2 unspecified atom stereocenters. The van der Waals surface area contributed by atoms with Crippen molar-refractivity contribution >= 4 is 11.7 Å². The predicted octanol–water partition coefficient (Wildman–Crippen LogP) is 3.43. The van der Waals surface area contributed by atoms with Crippen molar-refractivity contribution in [1.82, 2.24) is 0 Å². The summed E-state index contributed by atoms with van der Waals surface area (Å²) in [6, 6.07) is 6.78.